The van der Waals surface area contributed by atoms with Gasteiger partial charge in [-0.2, -0.15) is 8.78 Å². The first-order chi connectivity index (χ1) is 8.47. The molecule has 0 radical (unpaired) electrons. The molecule has 0 bridgehead atoms. The van der Waals surface area contributed by atoms with Gasteiger partial charge in [0, 0.05) is 18.3 Å². The van der Waals surface area contributed by atoms with Crippen molar-refractivity contribution in [1.29, 1.82) is 0 Å². The van der Waals surface area contributed by atoms with Crippen LogP contribution >= 0.6 is 0 Å². The van der Waals surface area contributed by atoms with Crippen molar-refractivity contribution in [3.8, 4) is 0 Å². The highest BCUT2D eigenvalue weighted by atomic mass is 32.2. The van der Waals surface area contributed by atoms with E-state index >= 15 is 0 Å². The molecule has 0 amide bonds. The van der Waals surface area contributed by atoms with Crippen LogP contribution in [0.5, 0.6) is 0 Å². The summed E-state index contributed by atoms with van der Waals surface area (Å²) in [6.45, 7) is 0.606. The van der Waals surface area contributed by atoms with Crippen molar-refractivity contribution >= 4 is 15.7 Å². The zero-order valence-electron chi connectivity index (χ0n) is 9.57. The predicted octanol–water partition coefficient (Wildman–Crippen LogP) is 1.90. The van der Waals surface area contributed by atoms with Gasteiger partial charge in [0.2, 0.25) is 0 Å². The van der Waals surface area contributed by atoms with Crippen molar-refractivity contribution in [3.63, 3.8) is 0 Å². The maximum atomic E-state index is 12.2. The minimum absolute atomic E-state index is 0.158. The zero-order chi connectivity index (χ0) is 13.2. The summed E-state index contributed by atoms with van der Waals surface area (Å²) in [5.41, 5.74) is 1.02. The molecule has 0 aliphatic heterocycles. The normalized spacial score (nSPS) is 15.9. The number of hydrogen-bond donors (Lipinski definition) is 2. The minimum atomic E-state index is -4.59. The topological polar surface area (TPSA) is 58.2 Å². The SMILES string of the molecule is O=S(=O)(Nc1cccc(CNC2CC2)c1)C(F)F. The molecule has 0 unspecified atom stereocenters. The number of alkyl halides is 2. The molecule has 2 rings (SSSR count). The smallest absolute Gasteiger partial charge is 0.310 e. The largest absolute Gasteiger partial charge is 0.355 e. The van der Waals surface area contributed by atoms with Gasteiger partial charge < -0.3 is 5.32 Å². The van der Waals surface area contributed by atoms with Crippen LogP contribution in [0.3, 0.4) is 0 Å². The van der Waals surface area contributed by atoms with Crippen LogP contribution in [0.2, 0.25) is 0 Å². The number of sulfonamides is 1. The van der Waals surface area contributed by atoms with Crippen LogP contribution in [0.1, 0.15) is 18.4 Å². The molecule has 1 aromatic carbocycles. The van der Waals surface area contributed by atoms with E-state index in [-0.39, 0.29) is 5.69 Å². The maximum absolute atomic E-state index is 12.2. The van der Waals surface area contributed by atoms with E-state index in [0.29, 0.717) is 12.6 Å². The van der Waals surface area contributed by atoms with Crippen LogP contribution in [-0.2, 0) is 16.6 Å². The number of benzene rings is 1. The number of hydrogen-bond acceptors (Lipinski definition) is 3. The molecule has 0 saturated heterocycles. The molecule has 1 aromatic rings. The second kappa shape index (κ2) is 5.19. The lowest BCUT2D eigenvalue weighted by Crippen LogP contribution is -2.21. The molecule has 1 aliphatic rings. The molecule has 0 spiro atoms. The molecule has 1 saturated carbocycles. The third-order valence-corrected chi connectivity index (χ3v) is 3.58. The van der Waals surface area contributed by atoms with Gasteiger partial charge in [-0.15, -0.1) is 0 Å². The lowest BCUT2D eigenvalue weighted by atomic mass is 10.2. The second-order valence-electron chi connectivity index (χ2n) is 4.26. The molecule has 0 aromatic heterocycles. The number of rotatable bonds is 6. The van der Waals surface area contributed by atoms with Gasteiger partial charge in [0.1, 0.15) is 0 Å². The molecular formula is C11H14F2N2O2S. The van der Waals surface area contributed by atoms with Crippen molar-refractivity contribution in [1.82, 2.24) is 5.32 Å². The molecule has 1 aliphatic carbocycles. The third-order valence-electron chi connectivity index (χ3n) is 2.59. The highest BCUT2D eigenvalue weighted by Gasteiger charge is 2.24. The van der Waals surface area contributed by atoms with Gasteiger partial charge in [0.15, 0.2) is 0 Å². The summed E-state index contributed by atoms with van der Waals surface area (Å²) >= 11 is 0. The molecule has 1 fully saturated rings. The molecule has 18 heavy (non-hydrogen) atoms. The summed E-state index contributed by atoms with van der Waals surface area (Å²) in [5.74, 6) is -3.43. The van der Waals surface area contributed by atoms with Crippen molar-refractivity contribution in [2.45, 2.75) is 31.2 Å². The van der Waals surface area contributed by atoms with Crippen molar-refractivity contribution < 1.29 is 17.2 Å². The van der Waals surface area contributed by atoms with Crippen LogP contribution in [0.15, 0.2) is 24.3 Å². The first kappa shape index (κ1) is 13.2. The van der Waals surface area contributed by atoms with Crippen LogP contribution in [0.4, 0.5) is 14.5 Å². The van der Waals surface area contributed by atoms with Gasteiger partial charge in [-0.1, -0.05) is 12.1 Å². The van der Waals surface area contributed by atoms with Gasteiger partial charge in [-0.3, -0.25) is 4.72 Å². The van der Waals surface area contributed by atoms with Crippen LogP contribution in [-0.4, -0.2) is 20.2 Å². The second-order valence-corrected chi connectivity index (χ2v) is 5.91. The van der Waals surface area contributed by atoms with E-state index in [2.05, 4.69) is 5.32 Å². The molecular weight excluding hydrogens is 262 g/mol. The van der Waals surface area contributed by atoms with Gasteiger partial charge in [0.25, 0.3) is 10.0 Å². The maximum Gasteiger partial charge on any atom is 0.355 e. The third kappa shape index (κ3) is 3.64. The highest BCUT2D eigenvalue weighted by molar-refractivity contribution is 7.93. The minimum Gasteiger partial charge on any atom is -0.310 e. The monoisotopic (exact) mass is 276 g/mol. The first-order valence-electron chi connectivity index (χ1n) is 5.59. The van der Waals surface area contributed by atoms with Crippen molar-refractivity contribution in [3.05, 3.63) is 29.8 Å². The summed E-state index contributed by atoms with van der Waals surface area (Å²) in [6, 6.07) is 6.98. The summed E-state index contributed by atoms with van der Waals surface area (Å²) in [6.07, 6.45) is 2.30. The first-order valence-corrected chi connectivity index (χ1v) is 7.14. The lowest BCUT2D eigenvalue weighted by molar-refractivity contribution is 0.236. The van der Waals surface area contributed by atoms with E-state index < -0.39 is 15.8 Å². The number of anilines is 1. The van der Waals surface area contributed by atoms with Crippen LogP contribution in [0, 0.1) is 0 Å². The van der Waals surface area contributed by atoms with Crippen LogP contribution < -0.4 is 10.0 Å². The van der Waals surface area contributed by atoms with E-state index in [1.807, 2.05) is 10.8 Å². The van der Waals surface area contributed by atoms with Crippen molar-refractivity contribution in [2.75, 3.05) is 4.72 Å². The fourth-order valence-electron chi connectivity index (χ4n) is 1.50. The summed E-state index contributed by atoms with van der Waals surface area (Å²) < 4.78 is 48.3. The average Bonchev–Trinajstić information content (AvgIpc) is 3.10. The Kier molecular flexibility index (Phi) is 3.82. The standard InChI is InChI=1S/C11H14F2N2O2S/c12-11(13)18(16,17)15-10-3-1-2-8(6-10)7-14-9-4-5-9/h1-3,6,9,11,14-15H,4-5,7H2. The summed E-state index contributed by atoms with van der Waals surface area (Å²) in [7, 11) is -4.59. The fraction of sp³-hybridized carbons (Fsp3) is 0.455. The van der Waals surface area contributed by atoms with E-state index in [1.165, 1.54) is 6.07 Å². The number of halogens is 2. The Morgan fingerprint density at radius 1 is 1.33 bits per heavy atom. The van der Waals surface area contributed by atoms with Gasteiger partial charge >= 0.3 is 5.76 Å². The van der Waals surface area contributed by atoms with Gasteiger partial charge in [-0.25, -0.2) is 8.42 Å². The summed E-state index contributed by atoms with van der Waals surface area (Å²) in [5, 5.41) is 3.26. The fourth-order valence-corrected chi connectivity index (χ4v) is 2.05. The molecule has 7 heteroatoms. The number of nitrogens with one attached hydrogen (secondary N) is 2. The van der Waals surface area contributed by atoms with E-state index in [4.69, 9.17) is 0 Å². The Morgan fingerprint density at radius 3 is 2.67 bits per heavy atom. The van der Waals surface area contributed by atoms with Crippen LogP contribution in [0.25, 0.3) is 0 Å². The predicted molar refractivity (Wildman–Crippen MR) is 64.9 cm³/mol. The van der Waals surface area contributed by atoms with Crippen molar-refractivity contribution in [2.24, 2.45) is 0 Å². The Morgan fingerprint density at radius 2 is 2.06 bits per heavy atom. The molecule has 100 valence electrons. The molecule has 0 heterocycles. The zero-order valence-corrected chi connectivity index (χ0v) is 10.4. The molecule has 2 N–H and O–H groups in total. The van der Waals surface area contributed by atoms with E-state index in [1.54, 1.807) is 12.1 Å². The Hall–Kier alpha value is -1.21. The highest BCUT2D eigenvalue weighted by Crippen LogP contribution is 2.20. The van der Waals surface area contributed by atoms with E-state index in [0.717, 1.165) is 18.4 Å². The van der Waals surface area contributed by atoms with Gasteiger partial charge in [-0.05, 0) is 30.5 Å². The average molecular weight is 276 g/mol. The molecule has 0 atom stereocenters. The van der Waals surface area contributed by atoms with E-state index in [9.17, 15) is 17.2 Å². The lowest BCUT2D eigenvalue weighted by Gasteiger charge is -2.09. The Labute approximate surface area is 104 Å². The Balaban J connectivity index is 2.02. The quantitative estimate of drug-likeness (QED) is 0.834. The van der Waals surface area contributed by atoms with Gasteiger partial charge in [0.05, 0.1) is 0 Å². The summed E-state index contributed by atoms with van der Waals surface area (Å²) in [4.78, 5) is 0. The molecule has 4 nitrogen and oxygen atoms in total. The Bertz CT molecular complexity index is 516.